The molecule has 1 aliphatic carbocycles. The molecule has 0 aliphatic heterocycles. The first-order chi connectivity index (χ1) is 9.67. The monoisotopic (exact) mass is 290 g/mol. The number of aromatic nitrogens is 5. The Balaban J connectivity index is 1.94. The molecule has 20 heavy (non-hydrogen) atoms. The first-order valence-corrected chi connectivity index (χ1v) is 7.68. The van der Waals surface area contributed by atoms with Crippen LogP contribution >= 0.6 is 11.8 Å². The maximum atomic E-state index is 4.70. The molecule has 106 valence electrons. The Labute approximate surface area is 122 Å². The van der Waals surface area contributed by atoms with E-state index in [1.807, 2.05) is 13.8 Å². The minimum Gasteiger partial charge on any atom is -0.370 e. The molecule has 6 nitrogen and oxygen atoms in total. The molecule has 7 heteroatoms. The third-order valence-electron chi connectivity index (χ3n) is 3.17. The van der Waals surface area contributed by atoms with E-state index in [0.717, 1.165) is 34.6 Å². The summed E-state index contributed by atoms with van der Waals surface area (Å²) in [5.74, 6) is 3.22. The molecule has 1 fully saturated rings. The molecule has 3 rings (SSSR count). The van der Waals surface area contributed by atoms with Crippen molar-refractivity contribution in [3.63, 3.8) is 0 Å². The first kappa shape index (κ1) is 13.4. The van der Waals surface area contributed by atoms with Crippen LogP contribution in [0.25, 0.3) is 0 Å². The summed E-state index contributed by atoms with van der Waals surface area (Å²) in [4.78, 5) is 13.7. The lowest BCUT2D eigenvalue weighted by atomic mass is 10.3. The second kappa shape index (κ2) is 5.40. The lowest BCUT2D eigenvalue weighted by molar-refractivity contribution is 0.857. The Morgan fingerprint density at radius 2 is 2.05 bits per heavy atom. The molecule has 0 aromatic carbocycles. The van der Waals surface area contributed by atoms with Gasteiger partial charge in [-0.15, -0.1) is 5.10 Å². The van der Waals surface area contributed by atoms with Crippen molar-refractivity contribution < 1.29 is 0 Å². The molecule has 2 heterocycles. The van der Waals surface area contributed by atoms with Gasteiger partial charge in [0.2, 0.25) is 5.16 Å². The molecule has 1 saturated carbocycles. The molecular weight excluding hydrogens is 272 g/mol. The molecule has 2 aromatic heterocycles. The van der Waals surface area contributed by atoms with Gasteiger partial charge >= 0.3 is 0 Å². The molecule has 0 unspecified atom stereocenters. The van der Waals surface area contributed by atoms with Gasteiger partial charge in [-0.3, -0.25) is 5.10 Å². The Hall–Kier alpha value is -1.63. The van der Waals surface area contributed by atoms with Gasteiger partial charge in [0.1, 0.15) is 22.5 Å². The van der Waals surface area contributed by atoms with Crippen molar-refractivity contribution in [1.29, 1.82) is 0 Å². The number of hydrogen-bond acceptors (Lipinski definition) is 6. The van der Waals surface area contributed by atoms with Gasteiger partial charge in [-0.2, -0.15) is 0 Å². The van der Waals surface area contributed by atoms with E-state index in [9.17, 15) is 0 Å². The SMILES string of the molecule is CCNc1nc(C2CC2)nc(Sc2n[nH]c(C)n2)c1C. The fourth-order valence-electron chi connectivity index (χ4n) is 1.93. The lowest BCUT2D eigenvalue weighted by Crippen LogP contribution is -2.07. The van der Waals surface area contributed by atoms with Crippen molar-refractivity contribution in [2.75, 3.05) is 11.9 Å². The van der Waals surface area contributed by atoms with Gasteiger partial charge < -0.3 is 5.32 Å². The largest absolute Gasteiger partial charge is 0.370 e. The predicted octanol–water partition coefficient (Wildman–Crippen LogP) is 2.67. The van der Waals surface area contributed by atoms with E-state index in [-0.39, 0.29) is 0 Å². The fraction of sp³-hybridized carbons (Fsp3) is 0.538. The summed E-state index contributed by atoms with van der Waals surface area (Å²) in [5.41, 5.74) is 1.06. The van der Waals surface area contributed by atoms with Crippen LogP contribution in [0.5, 0.6) is 0 Å². The standard InChI is InChI=1S/C13H18N6S/c1-4-14-10-7(2)12(17-11(16-10)9-5-6-9)20-13-15-8(3)18-19-13/h9H,4-6H2,1-3H3,(H,14,16,17)(H,15,18,19). The molecule has 0 atom stereocenters. The van der Waals surface area contributed by atoms with Crippen molar-refractivity contribution in [2.45, 2.75) is 49.7 Å². The third kappa shape index (κ3) is 2.77. The highest BCUT2D eigenvalue weighted by molar-refractivity contribution is 7.99. The molecule has 1 aliphatic rings. The zero-order valence-electron chi connectivity index (χ0n) is 11.9. The molecule has 0 radical (unpaired) electrons. The highest BCUT2D eigenvalue weighted by Crippen LogP contribution is 2.40. The number of anilines is 1. The van der Waals surface area contributed by atoms with Gasteiger partial charge in [-0.1, -0.05) is 0 Å². The van der Waals surface area contributed by atoms with E-state index < -0.39 is 0 Å². The van der Waals surface area contributed by atoms with Crippen LogP contribution in [0.1, 0.15) is 42.9 Å². The second-order valence-corrected chi connectivity index (χ2v) is 5.93. The van der Waals surface area contributed by atoms with Crippen LogP contribution in [-0.2, 0) is 0 Å². The summed E-state index contributed by atoms with van der Waals surface area (Å²) in [6, 6.07) is 0. The average molecular weight is 290 g/mol. The van der Waals surface area contributed by atoms with E-state index >= 15 is 0 Å². The Morgan fingerprint density at radius 1 is 1.25 bits per heavy atom. The van der Waals surface area contributed by atoms with Crippen LogP contribution in [0.3, 0.4) is 0 Å². The van der Waals surface area contributed by atoms with E-state index in [1.54, 1.807) is 0 Å². The van der Waals surface area contributed by atoms with Gasteiger partial charge in [0.05, 0.1) is 0 Å². The van der Waals surface area contributed by atoms with Crippen molar-refractivity contribution in [3.8, 4) is 0 Å². The number of aromatic amines is 1. The Bertz CT molecular complexity index is 619. The molecule has 0 amide bonds. The van der Waals surface area contributed by atoms with E-state index in [4.69, 9.17) is 4.98 Å². The lowest BCUT2D eigenvalue weighted by Gasteiger charge is -2.11. The smallest absolute Gasteiger partial charge is 0.214 e. The number of H-pyrrole nitrogens is 1. The van der Waals surface area contributed by atoms with Crippen LogP contribution < -0.4 is 5.32 Å². The number of nitrogens with zero attached hydrogens (tertiary/aromatic N) is 4. The van der Waals surface area contributed by atoms with E-state index in [0.29, 0.717) is 11.1 Å². The normalized spacial score (nSPS) is 14.6. The zero-order valence-corrected chi connectivity index (χ0v) is 12.7. The molecular formula is C13H18N6S. The molecule has 2 N–H and O–H groups in total. The number of nitrogens with one attached hydrogen (secondary N) is 2. The first-order valence-electron chi connectivity index (χ1n) is 6.86. The van der Waals surface area contributed by atoms with Crippen molar-refractivity contribution in [2.24, 2.45) is 0 Å². The zero-order chi connectivity index (χ0) is 14.1. The van der Waals surface area contributed by atoms with Crippen molar-refractivity contribution in [1.82, 2.24) is 25.1 Å². The summed E-state index contributed by atoms with van der Waals surface area (Å²) in [6.07, 6.45) is 2.39. The fourth-order valence-corrected chi connectivity index (χ4v) is 2.77. The van der Waals surface area contributed by atoms with Crippen LogP contribution in [0.15, 0.2) is 10.2 Å². The van der Waals surface area contributed by atoms with Crippen LogP contribution in [-0.4, -0.2) is 31.7 Å². The second-order valence-electron chi connectivity index (χ2n) is 4.97. The van der Waals surface area contributed by atoms with Crippen LogP contribution in [0.4, 0.5) is 5.82 Å². The highest BCUT2D eigenvalue weighted by Gasteiger charge is 2.28. The van der Waals surface area contributed by atoms with Gasteiger partial charge in [-0.05, 0) is 45.4 Å². The van der Waals surface area contributed by atoms with E-state index in [1.165, 1.54) is 24.6 Å². The quantitative estimate of drug-likeness (QED) is 0.824. The predicted molar refractivity (Wildman–Crippen MR) is 78.2 cm³/mol. The molecule has 0 bridgehead atoms. The highest BCUT2D eigenvalue weighted by atomic mass is 32.2. The summed E-state index contributed by atoms with van der Waals surface area (Å²) < 4.78 is 0. The molecule has 0 saturated heterocycles. The number of rotatable bonds is 5. The molecule has 0 spiro atoms. The Kier molecular flexibility index (Phi) is 3.60. The molecule has 2 aromatic rings. The third-order valence-corrected chi connectivity index (χ3v) is 4.13. The maximum absolute atomic E-state index is 4.70. The Morgan fingerprint density at radius 3 is 2.65 bits per heavy atom. The van der Waals surface area contributed by atoms with Gasteiger partial charge in [0.25, 0.3) is 0 Å². The average Bonchev–Trinajstić information content (AvgIpc) is 3.19. The summed E-state index contributed by atoms with van der Waals surface area (Å²) >= 11 is 1.49. The number of aryl methyl sites for hydroxylation is 1. The summed E-state index contributed by atoms with van der Waals surface area (Å²) in [6.45, 7) is 6.86. The van der Waals surface area contributed by atoms with E-state index in [2.05, 4.69) is 32.4 Å². The van der Waals surface area contributed by atoms with Gasteiger partial charge in [0, 0.05) is 18.0 Å². The summed E-state index contributed by atoms with van der Waals surface area (Å²) in [5, 5.41) is 12.0. The van der Waals surface area contributed by atoms with Crippen molar-refractivity contribution >= 4 is 17.6 Å². The maximum Gasteiger partial charge on any atom is 0.214 e. The van der Waals surface area contributed by atoms with Gasteiger partial charge in [0.15, 0.2) is 0 Å². The minimum absolute atomic E-state index is 0.529. The number of hydrogen-bond donors (Lipinski definition) is 2. The van der Waals surface area contributed by atoms with Crippen LogP contribution in [0, 0.1) is 13.8 Å². The minimum atomic E-state index is 0.529. The van der Waals surface area contributed by atoms with Crippen molar-refractivity contribution in [3.05, 3.63) is 17.2 Å². The van der Waals surface area contributed by atoms with Crippen LogP contribution in [0.2, 0.25) is 0 Å². The van der Waals surface area contributed by atoms with Gasteiger partial charge in [-0.25, -0.2) is 15.0 Å². The summed E-state index contributed by atoms with van der Waals surface area (Å²) in [7, 11) is 0. The topological polar surface area (TPSA) is 79.4 Å².